The van der Waals surface area contributed by atoms with Crippen molar-refractivity contribution in [1.29, 1.82) is 0 Å². The predicted octanol–water partition coefficient (Wildman–Crippen LogP) is 1.36. The Morgan fingerprint density at radius 1 is 1.69 bits per heavy atom. The molecule has 1 aliphatic heterocycles. The van der Waals surface area contributed by atoms with Crippen LogP contribution in [-0.2, 0) is 0 Å². The van der Waals surface area contributed by atoms with Crippen LogP contribution in [0.4, 0.5) is 5.13 Å². The van der Waals surface area contributed by atoms with Gasteiger partial charge in [0.2, 0.25) is 0 Å². The van der Waals surface area contributed by atoms with Crippen LogP contribution in [0.1, 0.15) is 6.92 Å². The highest BCUT2D eigenvalue weighted by Gasteiger charge is 2.19. The van der Waals surface area contributed by atoms with Crippen molar-refractivity contribution in [2.45, 2.75) is 13.0 Å². The fourth-order valence-corrected chi connectivity index (χ4v) is 2.25. The van der Waals surface area contributed by atoms with Crippen LogP contribution < -0.4 is 10.2 Å². The van der Waals surface area contributed by atoms with Gasteiger partial charge in [-0.1, -0.05) is 0 Å². The topological polar surface area (TPSA) is 28.2 Å². The summed E-state index contributed by atoms with van der Waals surface area (Å²) in [5, 5.41) is 6.55. The lowest BCUT2D eigenvalue weighted by molar-refractivity contribution is 0.500. The number of aromatic nitrogens is 1. The van der Waals surface area contributed by atoms with E-state index in [9.17, 15) is 0 Å². The Labute approximate surface area is 88.6 Å². The van der Waals surface area contributed by atoms with E-state index in [-0.39, 0.29) is 12.4 Å². The first kappa shape index (κ1) is 10.8. The van der Waals surface area contributed by atoms with Gasteiger partial charge in [0.1, 0.15) is 0 Å². The second kappa shape index (κ2) is 4.79. The minimum absolute atomic E-state index is 0. The molecular weight excluding hydrogens is 206 g/mol. The van der Waals surface area contributed by atoms with Gasteiger partial charge in [-0.25, -0.2) is 4.98 Å². The molecule has 1 aromatic rings. The predicted molar refractivity (Wildman–Crippen MR) is 59.0 cm³/mol. The molecule has 0 bridgehead atoms. The zero-order valence-electron chi connectivity index (χ0n) is 7.56. The molecule has 0 saturated carbocycles. The zero-order valence-corrected chi connectivity index (χ0v) is 9.20. The van der Waals surface area contributed by atoms with Gasteiger partial charge >= 0.3 is 0 Å². The van der Waals surface area contributed by atoms with E-state index in [2.05, 4.69) is 22.1 Å². The van der Waals surface area contributed by atoms with E-state index in [1.165, 1.54) is 0 Å². The van der Waals surface area contributed by atoms with Crippen molar-refractivity contribution in [2.75, 3.05) is 24.5 Å². The molecule has 1 saturated heterocycles. The van der Waals surface area contributed by atoms with Crippen molar-refractivity contribution >= 4 is 28.9 Å². The summed E-state index contributed by atoms with van der Waals surface area (Å²) < 4.78 is 0. The van der Waals surface area contributed by atoms with Crippen molar-refractivity contribution in [3.63, 3.8) is 0 Å². The van der Waals surface area contributed by atoms with E-state index in [0.29, 0.717) is 6.04 Å². The highest BCUT2D eigenvalue weighted by atomic mass is 35.5. The van der Waals surface area contributed by atoms with Crippen LogP contribution in [0.3, 0.4) is 0 Å². The van der Waals surface area contributed by atoms with Crippen molar-refractivity contribution < 1.29 is 0 Å². The summed E-state index contributed by atoms with van der Waals surface area (Å²) in [7, 11) is 0. The Bertz CT molecular complexity index is 240. The fourth-order valence-electron chi connectivity index (χ4n) is 1.48. The molecule has 0 radical (unpaired) electrons. The second-order valence-electron chi connectivity index (χ2n) is 3.06. The number of hydrogen-bond donors (Lipinski definition) is 1. The van der Waals surface area contributed by atoms with Gasteiger partial charge in [-0.2, -0.15) is 0 Å². The Morgan fingerprint density at radius 2 is 2.54 bits per heavy atom. The van der Waals surface area contributed by atoms with Gasteiger partial charge in [0.05, 0.1) is 0 Å². The van der Waals surface area contributed by atoms with Gasteiger partial charge in [-0.05, 0) is 6.92 Å². The highest BCUT2D eigenvalue weighted by Crippen LogP contribution is 2.20. The molecule has 1 N–H and O–H groups in total. The number of nitrogens with one attached hydrogen (secondary N) is 1. The van der Waals surface area contributed by atoms with Crippen molar-refractivity contribution in [3.8, 4) is 0 Å². The minimum Gasteiger partial charge on any atom is -0.343 e. The van der Waals surface area contributed by atoms with Gasteiger partial charge in [0, 0.05) is 37.3 Å². The summed E-state index contributed by atoms with van der Waals surface area (Å²) in [6, 6.07) is 0.574. The van der Waals surface area contributed by atoms with E-state index in [1.807, 2.05) is 11.6 Å². The second-order valence-corrected chi connectivity index (χ2v) is 3.93. The van der Waals surface area contributed by atoms with Crippen LogP contribution in [0.2, 0.25) is 0 Å². The monoisotopic (exact) mass is 219 g/mol. The molecular formula is C8H14ClN3S. The van der Waals surface area contributed by atoms with E-state index < -0.39 is 0 Å². The summed E-state index contributed by atoms with van der Waals surface area (Å²) in [6.07, 6.45) is 1.87. The molecule has 3 nitrogen and oxygen atoms in total. The maximum absolute atomic E-state index is 4.31. The fraction of sp³-hybridized carbons (Fsp3) is 0.625. The molecule has 1 atom stereocenters. The van der Waals surface area contributed by atoms with Gasteiger partial charge in [-0.15, -0.1) is 23.7 Å². The zero-order chi connectivity index (χ0) is 8.39. The molecule has 1 unspecified atom stereocenters. The first-order chi connectivity index (χ1) is 5.88. The number of halogens is 1. The maximum Gasteiger partial charge on any atom is 0.185 e. The van der Waals surface area contributed by atoms with Gasteiger partial charge in [0.25, 0.3) is 0 Å². The van der Waals surface area contributed by atoms with Crippen LogP contribution in [0.25, 0.3) is 0 Å². The number of thiazole rings is 1. The number of anilines is 1. The first-order valence-electron chi connectivity index (χ1n) is 4.25. The first-order valence-corrected chi connectivity index (χ1v) is 5.13. The van der Waals surface area contributed by atoms with Crippen LogP contribution in [0.15, 0.2) is 11.6 Å². The highest BCUT2D eigenvalue weighted by molar-refractivity contribution is 7.13. The van der Waals surface area contributed by atoms with Crippen LogP contribution in [0.5, 0.6) is 0 Å². The number of hydrogen-bond acceptors (Lipinski definition) is 4. The molecule has 1 aromatic heterocycles. The molecule has 1 aliphatic rings. The van der Waals surface area contributed by atoms with Crippen molar-refractivity contribution in [1.82, 2.24) is 10.3 Å². The molecule has 0 spiro atoms. The van der Waals surface area contributed by atoms with Gasteiger partial charge in [0.15, 0.2) is 5.13 Å². The van der Waals surface area contributed by atoms with Crippen LogP contribution in [-0.4, -0.2) is 30.7 Å². The molecule has 1 fully saturated rings. The average Bonchev–Trinajstić information content (AvgIpc) is 2.57. The third kappa shape index (κ3) is 2.33. The molecule has 0 amide bonds. The molecule has 74 valence electrons. The molecule has 0 aliphatic carbocycles. The Kier molecular flexibility index (Phi) is 3.96. The average molecular weight is 220 g/mol. The third-order valence-corrected chi connectivity index (χ3v) is 2.97. The van der Waals surface area contributed by atoms with Gasteiger partial charge < -0.3 is 10.2 Å². The van der Waals surface area contributed by atoms with Crippen molar-refractivity contribution in [2.24, 2.45) is 0 Å². The third-order valence-electron chi connectivity index (χ3n) is 2.17. The molecule has 13 heavy (non-hydrogen) atoms. The van der Waals surface area contributed by atoms with E-state index in [1.54, 1.807) is 11.3 Å². The molecule has 2 heterocycles. The minimum atomic E-state index is 0. The van der Waals surface area contributed by atoms with Gasteiger partial charge in [-0.3, -0.25) is 0 Å². The number of rotatable bonds is 1. The molecule has 2 rings (SSSR count). The quantitative estimate of drug-likeness (QED) is 0.773. The lowest BCUT2D eigenvalue weighted by Crippen LogP contribution is -2.49. The van der Waals surface area contributed by atoms with Crippen molar-refractivity contribution in [3.05, 3.63) is 11.6 Å². The van der Waals surface area contributed by atoms with Crippen LogP contribution >= 0.6 is 23.7 Å². The number of piperazine rings is 1. The molecule has 5 heteroatoms. The largest absolute Gasteiger partial charge is 0.343 e. The normalized spacial score (nSPS) is 22.5. The Morgan fingerprint density at radius 3 is 3.15 bits per heavy atom. The lowest BCUT2D eigenvalue weighted by Gasteiger charge is -2.33. The number of nitrogens with zero attached hydrogens (tertiary/aromatic N) is 2. The summed E-state index contributed by atoms with van der Waals surface area (Å²) in [5.74, 6) is 0. The summed E-state index contributed by atoms with van der Waals surface area (Å²) in [6.45, 7) is 5.45. The van der Waals surface area contributed by atoms with Crippen LogP contribution in [0, 0.1) is 0 Å². The Hall–Kier alpha value is -0.320. The summed E-state index contributed by atoms with van der Waals surface area (Å²) >= 11 is 1.72. The van der Waals surface area contributed by atoms with E-state index in [0.717, 1.165) is 24.8 Å². The Balaban J connectivity index is 0.000000845. The molecule has 0 aromatic carbocycles. The summed E-state index contributed by atoms with van der Waals surface area (Å²) in [5.41, 5.74) is 0. The lowest BCUT2D eigenvalue weighted by atomic mass is 10.2. The van der Waals surface area contributed by atoms with E-state index >= 15 is 0 Å². The smallest absolute Gasteiger partial charge is 0.185 e. The SMILES string of the molecule is CC1CNCCN1c1nccs1.Cl. The summed E-state index contributed by atoms with van der Waals surface area (Å²) in [4.78, 5) is 6.67. The maximum atomic E-state index is 4.31. The van der Waals surface area contributed by atoms with E-state index in [4.69, 9.17) is 0 Å². The standard InChI is InChI=1S/C8H13N3S.ClH/c1-7-6-9-2-4-11(7)8-10-3-5-12-8;/h3,5,7,9H,2,4,6H2,1H3;1H.